The summed E-state index contributed by atoms with van der Waals surface area (Å²) in [6.45, 7) is 1.85. The Hall–Kier alpha value is -3.63. The normalized spacial score (nSPS) is 15.2. The number of amides is 2. The van der Waals surface area contributed by atoms with Gasteiger partial charge in [0.1, 0.15) is 11.6 Å². The Labute approximate surface area is 214 Å². The Kier molecular flexibility index (Phi) is 8.07. The molecule has 2 amide bonds. The molecule has 11 heteroatoms. The lowest BCUT2D eigenvalue weighted by Crippen LogP contribution is -2.28. The average molecular weight is 512 g/mol. The van der Waals surface area contributed by atoms with Crippen LogP contribution in [0.3, 0.4) is 0 Å². The molecule has 1 saturated heterocycles. The van der Waals surface area contributed by atoms with Crippen molar-refractivity contribution in [3.63, 3.8) is 0 Å². The van der Waals surface area contributed by atoms with Gasteiger partial charge in [-0.1, -0.05) is 11.6 Å². The number of halogens is 1. The highest BCUT2D eigenvalue weighted by molar-refractivity contribution is 6.30. The molecule has 2 aromatic heterocycles. The number of likely N-dealkylation sites (tertiary alicyclic amines) is 1. The maximum absolute atomic E-state index is 12.8. The highest BCUT2D eigenvalue weighted by atomic mass is 35.5. The second kappa shape index (κ2) is 11.4. The van der Waals surface area contributed by atoms with Crippen LogP contribution in [0, 0.1) is 0 Å². The monoisotopic (exact) mass is 511 g/mol. The van der Waals surface area contributed by atoms with Crippen molar-refractivity contribution in [2.24, 2.45) is 7.05 Å². The molecule has 0 spiro atoms. The molecule has 4 rings (SSSR count). The Balaban J connectivity index is 1.35. The Morgan fingerprint density at radius 2 is 2.08 bits per heavy atom. The van der Waals surface area contributed by atoms with E-state index in [1.807, 2.05) is 16.6 Å². The van der Waals surface area contributed by atoms with Crippen molar-refractivity contribution in [3.05, 3.63) is 64.6 Å². The summed E-state index contributed by atoms with van der Waals surface area (Å²) in [5, 5.41) is 10.9. The molecule has 0 aliphatic carbocycles. The van der Waals surface area contributed by atoms with Gasteiger partial charge in [-0.3, -0.25) is 14.3 Å². The third-order valence-corrected chi connectivity index (χ3v) is 6.33. The molecule has 1 atom stereocenters. The number of ether oxygens (including phenoxy) is 1. The third-order valence-electron chi connectivity index (χ3n) is 6.09. The molecule has 1 aromatic carbocycles. The Morgan fingerprint density at radius 1 is 1.25 bits per heavy atom. The number of aromatic nitrogens is 3. The van der Waals surface area contributed by atoms with Gasteiger partial charge in [0.2, 0.25) is 5.91 Å². The first-order chi connectivity index (χ1) is 17.3. The van der Waals surface area contributed by atoms with Gasteiger partial charge in [0.15, 0.2) is 0 Å². The Bertz CT molecular complexity index is 1230. The number of carbonyl (C=O) groups is 2. The maximum Gasteiger partial charge on any atom is 0.255 e. The molecular weight excluding hydrogens is 482 g/mol. The van der Waals surface area contributed by atoms with E-state index in [0.29, 0.717) is 54.0 Å². The van der Waals surface area contributed by atoms with Gasteiger partial charge in [-0.05, 0) is 43.8 Å². The minimum absolute atomic E-state index is 0.0475. The number of anilines is 2. The summed E-state index contributed by atoms with van der Waals surface area (Å²) >= 11 is 6.14. The van der Waals surface area contributed by atoms with Crippen LogP contribution in [0.15, 0.2) is 42.6 Å². The van der Waals surface area contributed by atoms with Crippen LogP contribution in [0.1, 0.15) is 34.1 Å². The number of hydrogen-bond donors (Lipinski definition) is 3. The molecule has 0 saturated carbocycles. The molecule has 36 heavy (non-hydrogen) atoms. The standard InChI is InChI=1S/C25H30ClN7O3/c1-28-14-24(34)30-20-5-4-18(26)11-22(20)36-10-8-19-12-21(31-32(19)2)17-7-9-33(15-17)25(35)16-3-6-23(27)29-13-16/h3-6,11-13,17,28H,7-10,14-15H2,1-2H3,(H2,27,29)(H,30,34). The first-order valence-corrected chi connectivity index (χ1v) is 12.1. The van der Waals surface area contributed by atoms with E-state index in [-0.39, 0.29) is 24.3 Å². The molecule has 1 unspecified atom stereocenters. The number of nitrogens with zero attached hydrogens (tertiary/aromatic N) is 4. The topological polar surface area (TPSA) is 127 Å². The van der Waals surface area contributed by atoms with Gasteiger partial charge in [-0.25, -0.2) is 4.98 Å². The van der Waals surface area contributed by atoms with Crippen molar-refractivity contribution in [1.29, 1.82) is 0 Å². The highest BCUT2D eigenvalue weighted by Crippen LogP contribution is 2.30. The van der Waals surface area contributed by atoms with E-state index in [2.05, 4.69) is 21.7 Å². The van der Waals surface area contributed by atoms with Crippen LogP contribution in [-0.2, 0) is 18.3 Å². The van der Waals surface area contributed by atoms with Crippen LogP contribution in [0.2, 0.25) is 5.02 Å². The first kappa shape index (κ1) is 25.5. The number of nitrogens with one attached hydrogen (secondary N) is 2. The van der Waals surface area contributed by atoms with Crippen LogP contribution in [0.5, 0.6) is 5.75 Å². The number of hydrogen-bond acceptors (Lipinski definition) is 7. The summed E-state index contributed by atoms with van der Waals surface area (Å²) in [5.41, 5.74) is 8.70. The van der Waals surface area contributed by atoms with Gasteiger partial charge in [0.05, 0.1) is 30.1 Å². The lowest BCUT2D eigenvalue weighted by molar-refractivity contribution is -0.115. The fraction of sp³-hybridized carbons (Fsp3) is 0.360. The van der Waals surface area contributed by atoms with E-state index in [1.165, 1.54) is 6.20 Å². The van der Waals surface area contributed by atoms with Crippen LogP contribution in [-0.4, -0.2) is 64.8 Å². The van der Waals surface area contributed by atoms with E-state index in [0.717, 1.165) is 17.8 Å². The second-order valence-corrected chi connectivity index (χ2v) is 9.15. The zero-order valence-electron chi connectivity index (χ0n) is 20.3. The summed E-state index contributed by atoms with van der Waals surface area (Å²) < 4.78 is 7.82. The minimum Gasteiger partial charge on any atom is -0.491 e. The second-order valence-electron chi connectivity index (χ2n) is 8.71. The molecule has 3 aromatic rings. The molecular formula is C25H30ClN7O3. The molecule has 10 nitrogen and oxygen atoms in total. The number of nitrogens with two attached hydrogens (primary N) is 1. The third kappa shape index (κ3) is 6.13. The number of aryl methyl sites for hydroxylation is 1. The summed E-state index contributed by atoms with van der Waals surface area (Å²) in [4.78, 5) is 30.6. The van der Waals surface area contributed by atoms with Crippen molar-refractivity contribution in [1.82, 2.24) is 25.0 Å². The average Bonchev–Trinajstić information content (AvgIpc) is 3.48. The molecule has 190 valence electrons. The van der Waals surface area contributed by atoms with Gasteiger partial charge in [0, 0.05) is 55.5 Å². The largest absolute Gasteiger partial charge is 0.491 e. The number of pyridine rings is 1. The van der Waals surface area contributed by atoms with E-state index < -0.39 is 0 Å². The molecule has 3 heterocycles. The van der Waals surface area contributed by atoms with E-state index in [9.17, 15) is 9.59 Å². The number of likely N-dealkylation sites (N-methyl/N-ethyl adjacent to an activating group) is 1. The zero-order valence-corrected chi connectivity index (χ0v) is 21.1. The van der Waals surface area contributed by atoms with Crippen molar-refractivity contribution >= 4 is 34.9 Å². The molecule has 1 aliphatic rings. The van der Waals surface area contributed by atoms with Crippen LogP contribution in [0.25, 0.3) is 0 Å². The quantitative estimate of drug-likeness (QED) is 0.402. The summed E-state index contributed by atoms with van der Waals surface area (Å²) in [5.74, 6) is 0.849. The van der Waals surface area contributed by atoms with Gasteiger partial charge >= 0.3 is 0 Å². The molecule has 0 radical (unpaired) electrons. The Morgan fingerprint density at radius 3 is 2.83 bits per heavy atom. The number of rotatable bonds is 9. The van der Waals surface area contributed by atoms with Gasteiger partial charge in [-0.15, -0.1) is 0 Å². The molecule has 4 N–H and O–H groups in total. The fourth-order valence-corrected chi connectivity index (χ4v) is 4.37. The van der Waals surface area contributed by atoms with E-state index in [1.54, 1.807) is 37.4 Å². The lowest BCUT2D eigenvalue weighted by atomic mass is 10.0. The van der Waals surface area contributed by atoms with Crippen LogP contribution >= 0.6 is 11.6 Å². The number of carbonyl (C=O) groups excluding carboxylic acids is 2. The smallest absolute Gasteiger partial charge is 0.255 e. The number of benzene rings is 1. The summed E-state index contributed by atoms with van der Waals surface area (Å²) in [7, 11) is 3.61. The van der Waals surface area contributed by atoms with Gasteiger partial charge in [-0.2, -0.15) is 5.10 Å². The SMILES string of the molecule is CNCC(=O)Nc1ccc(Cl)cc1OCCc1cc(C2CCN(C(=O)c3ccc(N)nc3)C2)nn1C. The first-order valence-electron chi connectivity index (χ1n) is 11.7. The lowest BCUT2D eigenvalue weighted by Gasteiger charge is -2.16. The fourth-order valence-electron chi connectivity index (χ4n) is 4.20. The predicted octanol–water partition coefficient (Wildman–Crippen LogP) is 2.46. The zero-order chi connectivity index (χ0) is 25.7. The number of nitrogen functional groups attached to an aromatic ring is 1. The maximum atomic E-state index is 12.8. The van der Waals surface area contributed by atoms with Crippen LogP contribution in [0.4, 0.5) is 11.5 Å². The van der Waals surface area contributed by atoms with E-state index >= 15 is 0 Å². The van der Waals surface area contributed by atoms with Crippen LogP contribution < -0.4 is 21.1 Å². The van der Waals surface area contributed by atoms with Crippen molar-refractivity contribution in [2.75, 3.05) is 44.3 Å². The minimum atomic E-state index is -0.169. The summed E-state index contributed by atoms with van der Waals surface area (Å²) in [6.07, 6.45) is 2.98. The van der Waals surface area contributed by atoms with Gasteiger partial charge < -0.3 is 26.0 Å². The molecule has 1 fully saturated rings. The molecule has 1 aliphatic heterocycles. The van der Waals surface area contributed by atoms with Gasteiger partial charge in [0.25, 0.3) is 5.91 Å². The van der Waals surface area contributed by atoms with Crippen molar-refractivity contribution < 1.29 is 14.3 Å². The summed E-state index contributed by atoms with van der Waals surface area (Å²) in [6, 6.07) is 10.5. The predicted molar refractivity (Wildman–Crippen MR) is 138 cm³/mol. The van der Waals surface area contributed by atoms with Crippen molar-refractivity contribution in [3.8, 4) is 5.75 Å². The molecule has 0 bridgehead atoms. The van der Waals surface area contributed by atoms with E-state index in [4.69, 9.17) is 27.2 Å². The van der Waals surface area contributed by atoms with Crippen molar-refractivity contribution in [2.45, 2.75) is 18.8 Å². The highest BCUT2D eigenvalue weighted by Gasteiger charge is 2.30.